The minimum absolute atomic E-state index is 0.204. The van der Waals surface area contributed by atoms with Crippen LogP contribution in [0.4, 0.5) is 0 Å². The van der Waals surface area contributed by atoms with Crippen LogP contribution in [-0.2, 0) is 10.0 Å². The van der Waals surface area contributed by atoms with Crippen LogP contribution >= 0.6 is 11.6 Å². The molecule has 26 heavy (non-hydrogen) atoms. The number of piperazine rings is 1. The lowest BCUT2D eigenvalue weighted by Crippen LogP contribution is -2.48. The molecule has 8 heteroatoms. The van der Waals surface area contributed by atoms with E-state index in [1.807, 2.05) is 18.2 Å². The molecule has 4 rings (SSSR count). The summed E-state index contributed by atoms with van der Waals surface area (Å²) >= 11 is 6.10. The summed E-state index contributed by atoms with van der Waals surface area (Å²) in [6, 6.07) is 11.8. The first kappa shape index (κ1) is 17.6. The van der Waals surface area contributed by atoms with Crippen molar-refractivity contribution in [2.75, 3.05) is 32.8 Å². The second-order valence-corrected chi connectivity index (χ2v) is 8.52. The van der Waals surface area contributed by atoms with E-state index in [1.54, 1.807) is 24.3 Å². The maximum Gasteiger partial charge on any atom is 0.243 e. The van der Waals surface area contributed by atoms with Gasteiger partial charge in [-0.15, -0.1) is 0 Å². The normalized spacial score (nSPS) is 20.7. The molecule has 0 amide bonds. The van der Waals surface area contributed by atoms with Gasteiger partial charge in [0.1, 0.15) is 13.2 Å². The molecule has 2 aromatic rings. The van der Waals surface area contributed by atoms with Crippen LogP contribution in [0.1, 0.15) is 11.6 Å². The predicted octanol–water partition coefficient (Wildman–Crippen LogP) is 2.45. The molecule has 0 saturated carbocycles. The van der Waals surface area contributed by atoms with Crippen molar-refractivity contribution in [1.29, 1.82) is 0 Å². The topological polar surface area (TPSA) is 67.9 Å². The zero-order valence-electron chi connectivity index (χ0n) is 14.0. The van der Waals surface area contributed by atoms with Gasteiger partial charge in [0, 0.05) is 30.7 Å². The molecule has 1 saturated heterocycles. The molecule has 1 N–H and O–H groups in total. The number of nitrogens with one attached hydrogen (secondary N) is 1. The van der Waals surface area contributed by atoms with E-state index in [2.05, 4.69) is 5.32 Å². The second-order valence-electron chi connectivity index (χ2n) is 6.20. The Labute approximate surface area is 157 Å². The molecule has 0 spiro atoms. The van der Waals surface area contributed by atoms with Crippen molar-refractivity contribution in [3.05, 3.63) is 53.1 Å². The minimum Gasteiger partial charge on any atom is -0.486 e. The standard InChI is InChI=1S/C18H19ClN2O4S/c19-14-3-1-2-13(10-14)16-12-20-6-7-21(16)26(22,23)15-4-5-17-18(11-15)25-9-8-24-17/h1-5,10-11,16,20H,6-9,12H2. The molecular weight excluding hydrogens is 376 g/mol. The highest BCUT2D eigenvalue weighted by Gasteiger charge is 2.35. The Morgan fingerprint density at radius 3 is 2.69 bits per heavy atom. The Bertz CT molecular complexity index is 919. The molecule has 138 valence electrons. The summed E-state index contributed by atoms with van der Waals surface area (Å²) in [6.07, 6.45) is 0. The highest BCUT2D eigenvalue weighted by atomic mass is 35.5. The van der Waals surface area contributed by atoms with Gasteiger partial charge in [0.15, 0.2) is 11.5 Å². The molecule has 1 fully saturated rings. The van der Waals surface area contributed by atoms with E-state index in [9.17, 15) is 8.42 Å². The van der Waals surface area contributed by atoms with E-state index < -0.39 is 10.0 Å². The van der Waals surface area contributed by atoms with Gasteiger partial charge in [-0.1, -0.05) is 23.7 Å². The molecule has 0 radical (unpaired) electrons. The van der Waals surface area contributed by atoms with E-state index in [4.69, 9.17) is 21.1 Å². The largest absolute Gasteiger partial charge is 0.486 e. The van der Waals surface area contributed by atoms with Gasteiger partial charge in [-0.25, -0.2) is 8.42 Å². The number of halogens is 1. The van der Waals surface area contributed by atoms with Crippen molar-refractivity contribution in [1.82, 2.24) is 9.62 Å². The Morgan fingerprint density at radius 2 is 1.88 bits per heavy atom. The molecule has 1 atom stereocenters. The van der Waals surface area contributed by atoms with Crippen molar-refractivity contribution < 1.29 is 17.9 Å². The highest BCUT2D eigenvalue weighted by molar-refractivity contribution is 7.89. The summed E-state index contributed by atoms with van der Waals surface area (Å²) in [5, 5.41) is 3.85. The second kappa shape index (κ2) is 7.08. The van der Waals surface area contributed by atoms with Crippen molar-refractivity contribution in [2.45, 2.75) is 10.9 Å². The molecule has 0 aliphatic carbocycles. The van der Waals surface area contributed by atoms with Crippen molar-refractivity contribution >= 4 is 21.6 Å². The van der Waals surface area contributed by atoms with E-state index in [0.29, 0.717) is 49.4 Å². The molecule has 2 heterocycles. The first-order valence-corrected chi connectivity index (χ1v) is 10.3. The summed E-state index contributed by atoms with van der Waals surface area (Å²) in [5.74, 6) is 1.04. The maximum atomic E-state index is 13.3. The quantitative estimate of drug-likeness (QED) is 0.866. The summed E-state index contributed by atoms with van der Waals surface area (Å²) in [6.45, 7) is 2.39. The fourth-order valence-corrected chi connectivity index (χ4v) is 5.12. The number of sulfonamides is 1. The molecule has 2 aromatic carbocycles. The third-order valence-corrected chi connectivity index (χ3v) is 6.69. The highest BCUT2D eigenvalue weighted by Crippen LogP contribution is 2.35. The van der Waals surface area contributed by atoms with Gasteiger partial charge in [0.25, 0.3) is 0 Å². The SMILES string of the molecule is O=S(=O)(c1ccc2c(c1)OCCO2)N1CCNCC1c1cccc(Cl)c1. The zero-order chi connectivity index (χ0) is 18.1. The Kier molecular flexibility index (Phi) is 4.79. The van der Waals surface area contributed by atoms with E-state index in [0.717, 1.165) is 5.56 Å². The average Bonchev–Trinajstić information content (AvgIpc) is 2.67. The average molecular weight is 395 g/mol. The third-order valence-electron chi connectivity index (χ3n) is 4.55. The third kappa shape index (κ3) is 3.27. The number of nitrogens with zero attached hydrogens (tertiary/aromatic N) is 1. The van der Waals surface area contributed by atoms with Crippen LogP contribution in [0.2, 0.25) is 5.02 Å². The summed E-state index contributed by atoms with van der Waals surface area (Å²) in [7, 11) is -3.69. The van der Waals surface area contributed by atoms with Crippen LogP contribution in [-0.4, -0.2) is 45.6 Å². The van der Waals surface area contributed by atoms with Crippen molar-refractivity contribution in [3.63, 3.8) is 0 Å². The van der Waals surface area contributed by atoms with Crippen LogP contribution in [0.5, 0.6) is 11.5 Å². The van der Waals surface area contributed by atoms with Crippen molar-refractivity contribution in [2.24, 2.45) is 0 Å². The molecule has 2 aliphatic heterocycles. The lowest BCUT2D eigenvalue weighted by atomic mass is 10.1. The van der Waals surface area contributed by atoms with E-state index in [-0.39, 0.29) is 10.9 Å². The maximum absolute atomic E-state index is 13.3. The van der Waals surface area contributed by atoms with Crippen molar-refractivity contribution in [3.8, 4) is 11.5 Å². The fraction of sp³-hybridized carbons (Fsp3) is 0.333. The molecule has 1 unspecified atom stereocenters. The van der Waals surface area contributed by atoms with Gasteiger partial charge in [-0.05, 0) is 29.8 Å². The molecule has 6 nitrogen and oxygen atoms in total. The zero-order valence-corrected chi connectivity index (χ0v) is 15.6. The number of hydrogen-bond donors (Lipinski definition) is 1. The summed E-state index contributed by atoms with van der Waals surface area (Å²) in [5.41, 5.74) is 0.866. The molecular formula is C18H19ClN2O4S. The first-order chi connectivity index (χ1) is 12.6. The van der Waals surface area contributed by atoms with Gasteiger partial charge in [0.05, 0.1) is 10.9 Å². The van der Waals surface area contributed by atoms with Crippen LogP contribution in [0.25, 0.3) is 0 Å². The van der Waals surface area contributed by atoms with E-state index in [1.165, 1.54) is 4.31 Å². The number of benzene rings is 2. The fourth-order valence-electron chi connectivity index (χ4n) is 3.29. The lowest BCUT2D eigenvalue weighted by molar-refractivity contribution is 0.171. The van der Waals surface area contributed by atoms with Gasteiger partial charge in [-0.3, -0.25) is 0 Å². The number of rotatable bonds is 3. The van der Waals surface area contributed by atoms with Gasteiger partial charge < -0.3 is 14.8 Å². The van der Waals surface area contributed by atoms with E-state index >= 15 is 0 Å². The lowest BCUT2D eigenvalue weighted by Gasteiger charge is -2.35. The van der Waals surface area contributed by atoms with Crippen LogP contribution in [0.3, 0.4) is 0 Å². The monoisotopic (exact) mass is 394 g/mol. The Hall–Kier alpha value is -1.80. The number of hydrogen-bond acceptors (Lipinski definition) is 5. The minimum atomic E-state index is -3.69. The predicted molar refractivity (Wildman–Crippen MR) is 98.4 cm³/mol. The molecule has 0 aromatic heterocycles. The molecule has 0 bridgehead atoms. The van der Waals surface area contributed by atoms with Crippen LogP contribution < -0.4 is 14.8 Å². The van der Waals surface area contributed by atoms with Gasteiger partial charge >= 0.3 is 0 Å². The Balaban J connectivity index is 1.71. The first-order valence-electron chi connectivity index (χ1n) is 8.43. The number of fused-ring (bicyclic) bond motifs is 1. The van der Waals surface area contributed by atoms with Crippen LogP contribution in [0, 0.1) is 0 Å². The number of ether oxygens (including phenoxy) is 2. The van der Waals surface area contributed by atoms with Gasteiger partial charge in [-0.2, -0.15) is 4.31 Å². The summed E-state index contributed by atoms with van der Waals surface area (Å²) < 4.78 is 39.2. The molecule has 2 aliphatic rings. The van der Waals surface area contributed by atoms with Gasteiger partial charge in [0.2, 0.25) is 10.0 Å². The van der Waals surface area contributed by atoms with Crippen LogP contribution in [0.15, 0.2) is 47.4 Å². The smallest absolute Gasteiger partial charge is 0.243 e. The Morgan fingerprint density at radius 1 is 1.08 bits per heavy atom. The summed E-state index contributed by atoms with van der Waals surface area (Å²) in [4.78, 5) is 0.204.